The minimum absolute atomic E-state index is 0.147. The molecule has 1 aromatic rings. The molecular formula is C38H56N2O3. The van der Waals surface area contributed by atoms with Crippen LogP contribution in [0.3, 0.4) is 0 Å². The van der Waals surface area contributed by atoms with Gasteiger partial charge in [0.15, 0.2) is 0 Å². The minimum Gasteiger partial charge on any atom is -0.370 e. The van der Waals surface area contributed by atoms with Crippen molar-refractivity contribution < 1.29 is 14.3 Å². The van der Waals surface area contributed by atoms with E-state index in [1.165, 1.54) is 31.2 Å². The van der Waals surface area contributed by atoms with Crippen LogP contribution in [0.2, 0.25) is 0 Å². The summed E-state index contributed by atoms with van der Waals surface area (Å²) in [5.74, 6) is 4.47. The highest BCUT2D eigenvalue weighted by atomic mass is 16.5. The molecule has 0 radical (unpaired) electrons. The summed E-state index contributed by atoms with van der Waals surface area (Å²) in [6, 6.07) is 10.3. The van der Waals surface area contributed by atoms with Gasteiger partial charge >= 0.3 is 0 Å². The Kier molecular flexibility index (Phi) is 9.23. The number of amides is 1. The third-order valence-electron chi connectivity index (χ3n) is 13.0. The third-order valence-corrected chi connectivity index (χ3v) is 13.0. The van der Waals surface area contributed by atoms with E-state index in [1.807, 2.05) is 18.2 Å². The van der Waals surface area contributed by atoms with E-state index >= 15 is 0 Å². The second-order valence-electron chi connectivity index (χ2n) is 15.4. The van der Waals surface area contributed by atoms with Crippen molar-refractivity contribution in [2.45, 2.75) is 104 Å². The highest BCUT2D eigenvalue weighted by molar-refractivity contribution is 5.79. The van der Waals surface area contributed by atoms with Crippen molar-refractivity contribution in [3.05, 3.63) is 47.0 Å². The molecule has 43 heavy (non-hydrogen) atoms. The lowest BCUT2D eigenvalue weighted by molar-refractivity contribution is -0.129. The summed E-state index contributed by atoms with van der Waals surface area (Å²) in [4.78, 5) is 27.6. The van der Waals surface area contributed by atoms with Crippen LogP contribution >= 0.6 is 0 Å². The van der Waals surface area contributed by atoms with E-state index in [2.05, 4.69) is 50.0 Å². The summed E-state index contributed by atoms with van der Waals surface area (Å²) in [5.41, 5.74) is 4.66. The maximum atomic E-state index is 12.6. The SMILES string of the molecule is CC1=C2CC3C(CCC4CC(=O)CCC43C)C2CCC12OCCC(C)CN(CCNC(=O)CCc1ccccc1)CC2C. The standard InChI is InChI=1S/C38H56N2O3/c1-26-16-21-43-38(27(2)25-40(24-26)20-19-39-36(42)13-10-29-8-6-5-7-9-29)18-15-32-33-12-11-30-22-31(41)14-17-37(30,4)35(33)23-34(32)28(38)3/h5-9,26-27,30,32-33,35H,10-25H2,1-4H3,(H,39,42). The fourth-order valence-electron chi connectivity index (χ4n) is 10.4. The Bertz CT molecular complexity index is 1190. The van der Waals surface area contributed by atoms with Crippen LogP contribution in [0.1, 0.15) is 97.5 Å². The fourth-order valence-corrected chi connectivity index (χ4v) is 10.4. The van der Waals surface area contributed by atoms with E-state index in [4.69, 9.17) is 4.74 Å². The first-order valence-electron chi connectivity index (χ1n) is 17.6. The van der Waals surface area contributed by atoms with E-state index in [0.717, 1.165) is 82.5 Å². The second-order valence-corrected chi connectivity index (χ2v) is 15.4. The number of benzene rings is 1. The van der Waals surface area contributed by atoms with Crippen LogP contribution in [0.15, 0.2) is 41.5 Å². The number of fused-ring (bicyclic) bond motifs is 5. The monoisotopic (exact) mass is 588 g/mol. The number of ether oxygens (including phenoxy) is 1. The van der Waals surface area contributed by atoms with Crippen LogP contribution in [0.25, 0.3) is 0 Å². The lowest BCUT2D eigenvalue weighted by Crippen LogP contribution is -2.49. The van der Waals surface area contributed by atoms with Gasteiger partial charge in [-0.25, -0.2) is 0 Å². The van der Waals surface area contributed by atoms with Crippen LogP contribution in [0.5, 0.6) is 0 Å². The Hall–Kier alpha value is -1.98. The van der Waals surface area contributed by atoms with Gasteiger partial charge in [0.1, 0.15) is 5.78 Å². The first-order valence-corrected chi connectivity index (χ1v) is 17.6. The molecule has 1 amide bonds. The Balaban J connectivity index is 1.13. The molecule has 0 bridgehead atoms. The maximum Gasteiger partial charge on any atom is 0.220 e. The predicted octanol–water partition coefficient (Wildman–Crippen LogP) is 7.00. The first kappa shape index (κ1) is 31.0. The summed E-state index contributed by atoms with van der Waals surface area (Å²) in [6.45, 7) is 14.3. The molecule has 0 aromatic heterocycles. The van der Waals surface area contributed by atoms with E-state index in [9.17, 15) is 9.59 Å². The molecule has 1 spiro atoms. The molecule has 4 aliphatic carbocycles. The van der Waals surface area contributed by atoms with E-state index in [-0.39, 0.29) is 11.5 Å². The van der Waals surface area contributed by atoms with Crippen LogP contribution in [0.4, 0.5) is 0 Å². The van der Waals surface area contributed by atoms with E-state index in [0.29, 0.717) is 41.9 Å². The molecule has 4 fully saturated rings. The number of ketones is 1. The molecule has 1 heterocycles. The molecule has 1 N–H and O–H groups in total. The number of aryl methyl sites for hydroxylation is 1. The smallest absolute Gasteiger partial charge is 0.220 e. The van der Waals surface area contributed by atoms with E-state index in [1.54, 1.807) is 11.1 Å². The second kappa shape index (κ2) is 12.8. The number of carbonyl (C=O) groups excluding carboxylic acids is 2. The predicted molar refractivity (Wildman–Crippen MR) is 173 cm³/mol. The van der Waals surface area contributed by atoms with Gasteiger partial charge in [-0.15, -0.1) is 0 Å². The molecule has 8 unspecified atom stereocenters. The van der Waals surface area contributed by atoms with E-state index < -0.39 is 0 Å². The van der Waals surface area contributed by atoms with Crippen molar-refractivity contribution in [2.75, 3.05) is 32.8 Å². The summed E-state index contributed by atoms with van der Waals surface area (Å²) < 4.78 is 7.06. The highest BCUT2D eigenvalue weighted by Gasteiger charge is 2.58. The number of nitrogens with one attached hydrogen (secondary N) is 1. The number of Topliss-reactive ketones (excluding diaryl/α,β-unsaturated/α-hetero) is 1. The molecule has 236 valence electrons. The Morgan fingerprint density at radius 3 is 2.67 bits per heavy atom. The van der Waals surface area contributed by atoms with Crippen molar-refractivity contribution in [1.29, 1.82) is 0 Å². The summed E-state index contributed by atoms with van der Waals surface area (Å²) >= 11 is 0. The topological polar surface area (TPSA) is 58.6 Å². The van der Waals surface area contributed by atoms with Crippen LogP contribution in [-0.2, 0) is 20.7 Å². The molecule has 6 rings (SSSR count). The number of hydrogen-bond donors (Lipinski definition) is 1. The zero-order valence-electron chi connectivity index (χ0n) is 27.3. The minimum atomic E-state index is -0.177. The van der Waals surface area contributed by atoms with Gasteiger partial charge in [0.2, 0.25) is 5.91 Å². The normalized spacial score (nSPS) is 38.5. The molecule has 8 atom stereocenters. The molecule has 5 nitrogen and oxygen atoms in total. The van der Waals surface area contributed by atoms with Gasteiger partial charge < -0.3 is 15.0 Å². The zero-order valence-corrected chi connectivity index (χ0v) is 27.3. The third kappa shape index (κ3) is 6.15. The van der Waals surface area contributed by atoms with Crippen molar-refractivity contribution in [1.82, 2.24) is 10.2 Å². The van der Waals surface area contributed by atoms with Crippen LogP contribution < -0.4 is 5.32 Å². The van der Waals surface area contributed by atoms with Crippen molar-refractivity contribution in [3.8, 4) is 0 Å². The summed E-state index contributed by atoms with van der Waals surface area (Å²) in [7, 11) is 0. The number of carbonyl (C=O) groups is 2. The molecule has 1 aromatic carbocycles. The summed E-state index contributed by atoms with van der Waals surface area (Å²) in [6.07, 6.45) is 11.3. The van der Waals surface area contributed by atoms with Crippen molar-refractivity contribution >= 4 is 11.7 Å². The molecule has 3 saturated carbocycles. The fraction of sp³-hybridized carbons (Fsp3) is 0.737. The molecular weight excluding hydrogens is 532 g/mol. The Labute approximate surface area is 260 Å². The molecule has 5 aliphatic rings. The van der Waals surface area contributed by atoms with Crippen LogP contribution in [-0.4, -0.2) is 55.0 Å². The lowest BCUT2D eigenvalue weighted by atomic mass is 9.52. The first-order chi connectivity index (χ1) is 20.7. The van der Waals surface area contributed by atoms with Gasteiger partial charge in [0, 0.05) is 58.0 Å². The van der Waals surface area contributed by atoms with Gasteiger partial charge in [-0.05, 0) is 104 Å². The van der Waals surface area contributed by atoms with Gasteiger partial charge in [0.25, 0.3) is 0 Å². The van der Waals surface area contributed by atoms with Gasteiger partial charge in [-0.1, -0.05) is 56.7 Å². The van der Waals surface area contributed by atoms with Crippen LogP contribution in [0, 0.1) is 40.9 Å². The quantitative estimate of drug-likeness (QED) is 0.364. The highest BCUT2D eigenvalue weighted by Crippen LogP contribution is 2.65. The van der Waals surface area contributed by atoms with Gasteiger partial charge in [-0.3, -0.25) is 9.59 Å². The molecule has 1 aliphatic heterocycles. The molecule has 5 heteroatoms. The van der Waals surface area contributed by atoms with Crippen molar-refractivity contribution in [3.63, 3.8) is 0 Å². The maximum absolute atomic E-state index is 12.6. The van der Waals surface area contributed by atoms with Gasteiger partial charge in [-0.2, -0.15) is 0 Å². The number of rotatable bonds is 6. The average Bonchev–Trinajstić information content (AvgIpc) is 3.40. The number of hydrogen-bond acceptors (Lipinski definition) is 4. The number of allylic oxidation sites excluding steroid dienone is 1. The van der Waals surface area contributed by atoms with Crippen molar-refractivity contribution in [2.24, 2.45) is 40.9 Å². The average molecular weight is 589 g/mol. The zero-order chi connectivity index (χ0) is 30.2. The summed E-state index contributed by atoms with van der Waals surface area (Å²) in [5, 5.41) is 3.21. The largest absolute Gasteiger partial charge is 0.370 e. The lowest BCUT2D eigenvalue weighted by Gasteiger charge is -2.52. The molecule has 1 saturated heterocycles. The number of nitrogens with zero attached hydrogens (tertiary/aromatic N) is 1. The Morgan fingerprint density at radius 2 is 1.86 bits per heavy atom. The Morgan fingerprint density at radius 1 is 1.05 bits per heavy atom. The van der Waals surface area contributed by atoms with Gasteiger partial charge in [0.05, 0.1) is 5.60 Å².